The molecule has 1 amide bonds. The lowest BCUT2D eigenvalue weighted by atomic mass is 9.77. The maximum Gasteiger partial charge on any atom is 0.255 e. The highest BCUT2D eigenvalue weighted by atomic mass is 16.5. The molecule has 150 valence electrons. The molecule has 0 spiro atoms. The van der Waals surface area contributed by atoms with Crippen molar-refractivity contribution in [3.63, 3.8) is 0 Å². The molecule has 1 aliphatic carbocycles. The van der Waals surface area contributed by atoms with Gasteiger partial charge in [-0.1, -0.05) is 0 Å². The normalized spacial score (nSPS) is 26.9. The molecule has 2 aromatic heterocycles. The lowest BCUT2D eigenvalue weighted by Gasteiger charge is -2.37. The van der Waals surface area contributed by atoms with E-state index in [1.165, 1.54) is 0 Å². The molecule has 28 heavy (non-hydrogen) atoms. The van der Waals surface area contributed by atoms with Gasteiger partial charge in [0, 0.05) is 20.2 Å². The number of amides is 1. The van der Waals surface area contributed by atoms with E-state index in [2.05, 4.69) is 20.4 Å². The minimum absolute atomic E-state index is 0.00240. The van der Waals surface area contributed by atoms with Crippen molar-refractivity contribution in [2.75, 3.05) is 25.1 Å². The Labute approximate surface area is 165 Å². The Kier molecular flexibility index (Phi) is 5.10. The molecule has 7 nitrogen and oxygen atoms in total. The number of aryl methyl sites for hydroxylation is 3. The molecular formula is C21H28N4O3. The fourth-order valence-electron chi connectivity index (χ4n) is 4.68. The number of fused-ring (bicyclic) bond motifs is 1. The zero-order chi connectivity index (χ0) is 19.8. The summed E-state index contributed by atoms with van der Waals surface area (Å²) in [4.78, 5) is 15.1. The van der Waals surface area contributed by atoms with E-state index < -0.39 is 0 Å². The molecule has 0 aromatic carbocycles. The molecule has 1 aliphatic heterocycles. The molecule has 0 unspecified atom stereocenters. The number of nitrogens with one attached hydrogen (secondary N) is 1. The lowest BCUT2D eigenvalue weighted by Crippen LogP contribution is -2.50. The standard InChI is InChI=1S/C21H28N4O3/c1-12-5-6-20(24-23-12)25-10-15-8-18(19(27-4)9-16(15)11-25)22-21(26)17-7-13(2)28-14(17)3/h5-7,15-16,18-19H,8-11H2,1-4H3,(H,22,26)/t15-,16+,18-,19-/m0/s1. The summed E-state index contributed by atoms with van der Waals surface area (Å²) in [5.74, 6) is 3.30. The zero-order valence-corrected chi connectivity index (χ0v) is 16.9. The second-order valence-corrected chi connectivity index (χ2v) is 8.11. The third-order valence-corrected chi connectivity index (χ3v) is 6.13. The lowest BCUT2D eigenvalue weighted by molar-refractivity contribution is 0.0125. The number of carbonyl (C=O) groups is 1. The Balaban J connectivity index is 1.45. The van der Waals surface area contributed by atoms with Gasteiger partial charge in [-0.15, -0.1) is 5.10 Å². The number of hydrogen-bond acceptors (Lipinski definition) is 6. The molecule has 1 saturated heterocycles. The van der Waals surface area contributed by atoms with Gasteiger partial charge in [0.2, 0.25) is 0 Å². The third kappa shape index (κ3) is 3.63. The number of rotatable bonds is 4. The molecule has 2 fully saturated rings. The predicted molar refractivity (Wildman–Crippen MR) is 105 cm³/mol. The first-order valence-corrected chi connectivity index (χ1v) is 9.90. The van der Waals surface area contributed by atoms with Crippen LogP contribution in [0.3, 0.4) is 0 Å². The SMILES string of the molecule is CO[C@H]1C[C@@H]2CN(c3ccc(C)nn3)C[C@@H]2C[C@@H]1NC(=O)c1cc(C)oc1C. The van der Waals surface area contributed by atoms with Crippen LogP contribution in [0.15, 0.2) is 22.6 Å². The van der Waals surface area contributed by atoms with Crippen molar-refractivity contribution in [1.29, 1.82) is 0 Å². The van der Waals surface area contributed by atoms with Gasteiger partial charge in [0.25, 0.3) is 5.91 Å². The van der Waals surface area contributed by atoms with Crippen LogP contribution in [0, 0.1) is 32.6 Å². The second-order valence-electron chi connectivity index (χ2n) is 8.11. The van der Waals surface area contributed by atoms with Gasteiger partial charge in [-0.05, 0) is 63.6 Å². The van der Waals surface area contributed by atoms with Gasteiger partial charge in [0.1, 0.15) is 11.5 Å². The van der Waals surface area contributed by atoms with Crippen molar-refractivity contribution < 1.29 is 13.9 Å². The number of ether oxygens (including phenoxy) is 1. The number of nitrogens with zero attached hydrogens (tertiary/aromatic N) is 3. The number of methoxy groups -OCH3 is 1. The maximum absolute atomic E-state index is 12.8. The van der Waals surface area contributed by atoms with Gasteiger partial charge in [-0.25, -0.2) is 0 Å². The minimum atomic E-state index is -0.0842. The Hall–Kier alpha value is -2.41. The van der Waals surface area contributed by atoms with Crippen molar-refractivity contribution in [2.24, 2.45) is 11.8 Å². The molecule has 0 bridgehead atoms. The summed E-state index contributed by atoms with van der Waals surface area (Å²) in [5, 5.41) is 11.7. The van der Waals surface area contributed by atoms with Crippen LogP contribution in [0.1, 0.15) is 40.4 Å². The Morgan fingerprint density at radius 3 is 2.54 bits per heavy atom. The van der Waals surface area contributed by atoms with Crippen LogP contribution in [-0.4, -0.2) is 48.4 Å². The van der Waals surface area contributed by atoms with Crippen molar-refractivity contribution in [1.82, 2.24) is 15.5 Å². The average molecular weight is 384 g/mol. The quantitative estimate of drug-likeness (QED) is 0.873. The van der Waals surface area contributed by atoms with E-state index in [-0.39, 0.29) is 18.1 Å². The van der Waals surface area contributed by atoms with E-state index in [4.69, 9.17) is 9.15 Å². The molecule has 4 rings (SSSR count). The number of hydrogen-bond donors (Lipinski definition) is 1. The van der Waals surface area contributed by atoms with Crippen LogP contribution < -0.4 is 10.2 Å². The number of carbonyl (C=O) groups excluding carboxylic acids is 1. The third-order valence-electron chi connectivity index (χ3n) is 6.13. The van der Waals surface area contributed by atoms with Gasteiger partial charge in [-0.3, -0.25) is 4.79 Å². The van der Waals surface area contributed by atoms with Gasteiger partial charge in [-0.2, -0.15) is 5.10 Å². The van der Waals surface area contributed by atoms with Crippen LogP contribution >= 0.6 is 0 Å². The van der Waals surface area contributed by atoms with Gasteiger partial charge < -0.3 is 19.4 Å². The van der Waals surface area contributed by atoms with Crippen LogP contribution in [-0.2, 0) is 4.74 Å². The predicted octanol–water partition coefficient (Wildman–Crippen LogP) is 2.65. The summed E-state index contributed by atoms with van der Waals surface area (Å²) in [6, 6.07) is 5.83. The topological polar surface area (TPSA) is 80.5 Å². The van der Waals surface area contributed by atoms with E-state index in [1.54, 1.807) is 13.2 Å². The second kappa shape index (κ2) is 7.54. The summed E-state index contributed by atoms with van der Waals surface area (Å²) in [7, 11) is 1.73. The molecule has 0 radical (unpaired) electrons. The number of furan rings is 1. The van der Waals surface area contributed by atoms with E-state index in [1.807, 2.05) is 32.9 Å². The van der Waals surface area contributed by atoms with Crippen molar-refractivity contribution in [3.05, 3.63) is 41.0 Å². The summed E-state index contributed by atoms with van der Waals surface area (Å²) >= 11 is 0. The maximum atomic E-state index is 12.8. The van der Waals surface area contributed by atoms with E-state index in [0.717, 1.165) is 43.2 Å². The average Bonchev–Trinajstić information content (AvgIpc) is 3.23. The zero-order valence-electron chi connectivity index (χ0n) is 16.9. The minimum Gasteiger partial charge on any atom is -0.466 e. The monoisotopic (exact) mass is 384 g/mol. The summed E-state index contributed by atoms with van der Waals surface area (Å²) in [5.41, 5.74) is 1.53. The van der Waals surface area contributed by atoms with Gasteiger partial charge in [0.05, 0.1) is 23.4 Å². The number of anilines is 1. The summed E-state index contributed by atoms with van der Waals surface area (Å²) in [6.45, 7) is 7.52. The highest BCUT2D eigenvalue weighted by molar-refractivity contribution is 5.95. The molecule has 2 aliphatic rings. The molecule has 2 aromatic rings. The molecule has 4 atom stereocenters. The molecule has 7 heteroatoms. The highest BCUT2D eigenvalue weighted by Gasteiger charge is 2.43. The van der Waals surface area contributed by atoms with Crippen molar-refractivity contribution in [2.45, 2.75) is 45.8 Å². The Bertz CT molecular complexity index is 848. The highest BCUT2D eigenvalue weighted by Crippen LogP contribution is 2.38. The molecule has 3 heterocycles. The van der Waals surface area contributed by atoms with Crippen molar-refractivity contribution in [3.8, 4) is 0 Å². The molecule has 1 N–H and O–H groups in total. The van der Waals surface area contributed by atoms with Crippen LogP contribution in [0.2, 0.25) is 0 Å². The first kappa shape index (κ1) is 18.9. The van der Waals surface area contributed by atoms with Gasteiger partial charge >= 0.3 is 0 Å². The Morgan fingerprint density at radius 1 is 1.18 bits per heavy atom. The van der Waals surface area contributed by atoms with Crippen LogP contribution in [0.25, 0.3) is 0 Å². The number of aromatic nitrogens is 2. The first-order valence-electron chi connectivity index (χ1n) is 9.90. The van der Waals surface area contributed by atoms with E-state index >= 15 is 0 Å². The first-order chi connectivity index (χ1) is 13.4. The fourth-order valence-corrected chi connectivity index (χ4v) is 4.68. The van der Waals surface area contributed by atoms with Crippen LogP contribution in [0.5, 0.6) is 0 Å². The van der Waals surface area contributed by atoms with Crippen molar-refractivity contribution >= 4 is 11.7 Å². The smallest absolute Gasteiger partial charge is 0.255 e. The molecule has 1 saturated carbocycles. The fraction of sp³-hybridized carbons (Fsp3) is 0.571. The summed E-state index contributed by atoms with van der Waals surface area (Å²) < 4.78 is 11.3. The Morgan fingerprint density at radius 2 is 1.93 bits per heavy atom. The largest absolute Gasteiger partial charge is 0.466 e. The summed E-state index contributed by atoms with van der Waals surface area (Å²) in [6.07, 6.45) is 1.86. The van der Waals surface area contributed by atoms with Crippen LogP contribution in [0.4, 0.5) is 5.82 Å². The van der Waals surface area contributed by atoms with E-state index in [9.17, 15) is 4.79 Å². The van der Waals surface area contributed by atoms with Gasteiger partial charge in [0.15, 0.2) is 5.82 Å². The van der Waals surface area contributed by atoms with E-state index in [0.29, 0.717) is 23.2 Å². The molecular weight excluding hydrogens is 356 g/mol.